The molecule has 130 valence electrons. The lowest BCUT2D eigenvalue weighted by Crippen LogP contribution is -2.29. The van der Waals surface area contributed by atoms with Crippen LogP contribution in [0, 0.1) is 25.5 Å². The average Bonchev–Trinajstić information content (AvgIpc) is 2.81. The fourth-order valence-corrected chi connectivity index (χ4v) is 2.58. The molecule has 0 N–H and O–H groups in total. The van der Waals surface area contributed by atoms with Gasteiger partial charge in [-0.1, -0.05) is 0 Å². The van der Waals surface area contributed by atoms with Gasteiger partial charge >= 0.3 is 0 Å². The molecule has 0 bridgehead atoms. The van der Waals surface area contributed by atoms with Gasteiger partial charge in [-0.25, -0.2) is 13.5 Å². The van der Waals surface area contributed by atoms with E-state index >= 15 is 0 Å². The molecule has 7 heteroatoms. The number of aryl methyl sites for hydroxylation is 1. The van der Waals surface area contributed by atoms with Crippen LogP contribution in [0.2, 0.25) is 0 Å². The molecule has 2 rings (SSSR count). The molecule has 1 aromatic heterocycles. The van der Waals surface area contributed by atoms with Crippen LogP contribution in [0.1, 0.15) is 28.2 Å². The van der Waals surface area contributed by atoms with Crippen LogP contribution in [0.3, 0.4) is 0 Å². The number of methoxy groups -OCH3 is 1. The van der Waals surface area contributed by atoms with E-state index in [1.807, 2.05) is 0 Å². The summed E-state index contributed by atoms with van der Waals surface area (Å²) < 4.78 is 33.4. The number of carbonyl (C=O) groups is 1. The molecule has 0 saturated heterocycles. The van der Waals surface area contributed by atoms with Gasteiger partial charge in [0.15, 0.2) is 5.82 Å². The molecule has 1 heterocycles. The molecule has 0 atom stereocenters. The molecular weight excluding hydrogens is 316 g/mol. The van der Waals surface area contributed by atoms with E-state index < -0.39 is 11.6 Å². The van der Waals surface area contributed by atoms with Crippen molar-refractivity contribution in [2.24, 2.45) is 0 Å². The van der Waals surface area contributed by atoms with Crippen molar-refractivity contribution < 1.29 is 18.3 Å². The molecule has 2 aromatic rings. The smallest absolute Gasteiger partial charge is 0.257 e. The van der Waals surface area contributed by atoms with E-state index in [0.717, 1.165) is 18.6 Å². The first kappa shape index (κ1) is 18.1. The average molecular weight is 337 g/mol. The SMILES string of the molecule is COCCCN(C)C(=O)c1c(C)nn(-c2ccc(F)cc2F)c1C. The van der Waals surface area contributed by atoms with Crippen molar-refractivity contribution in [3.8, 4) is 5.69 Å². The maximum absolute atomic E-state index is 14.0. The summed E-state index contributed by atoms with van der Waals surface area (Å²) >= 11 is 0. The lowest BCUT2D eigenvalue weighted by Gasteiger charge is -2.17. The summed E-state index contributed by atoms with van der Waals surface area (Å²) in [6, 6.07) is 3.26. The van der Waals surface area contributed by atoms with Crippen molar-refractivity contribution >= 4 is 5.91 Å². The summed E-state index contributed by atoms with van der Waals surface area (Å²) in [5, 5.41) is 4.25. The first-order valence-corrected chi connectivity index (χ1v) is 7.62. The van der Waals surface area contributed by atoms with E-state index in [-0.39, 0.29) is 11.6 Å². The number of aromatic nitrogens is 2. The second kappa shape index (κ2) is 7.53. The van der Waals surface area contributed by atoms with Gasteiger partial charge in [-0.3, -0.25) is 4.79 Å². The van der Waals surface area contributed by atoms with Gasteiger partial charge in [-0.05, 0) is 32.4 Å². The molecule has 0 aliphatic carbocycles. The zero-order valence-corrected chi connectivity index (χ0v) is 14.3. The summed E-state index contributed by atoms with van der Waals surface area (Å²) in [6.45, 7) is 4.50. The molecule has 0 radical (unpaired) electrons. The molecule has 5 nitrogen and oxygen atoms in total. The van der Waals surface area contributed by atoms with Crippen LogP contribution in [-0.2, 0) is 4.74 Å². The Morgan fingerprint density at radius 1 is 1.33 bits per heavy atom. The predicted octanol–water partition coefficient (Wildman–Crippen LogP) is 2.88. The van der Waals surface area contributed by atoms with Crippen LogP contribution in [-0.4, -0.2) is 47.9 Å². The van der Waals surface area contributed by atoms with Gasteiger partial charge in [-0.2, -0.15) is 5.10 Å². The highest BCUT2D eigenvalue weighted by atomic mass is 19.1. The third-order valence-corrected chi connectivity index (χ3v) is 3.83. The monoisotopic (exact) mass is 337 g/mol. The highest BCUT2D eigenvalue weighted by Gasteiger charge is 2.23. The predicted molar refractivity (Wildman–Crippen MR) is 86.4 cm³/mol. The Labute approximate surface area is 139 Å². The van der Waals surface area contributed by atoms with E-state index in [1.54, 1.807) is 32.9 Å². The van der Waals surface area contributed by atoms with Crippen LogP contribution < -0.4 is 0 Å². The van der Waals surface area contributed by atoms with Crippen molar-refractivity contribution in [3.05, 3.63) is 46.8 Å². The number of carbonyl (C=O) groups excluding carboxylic acids is 1. The highest BCUT2D eigenvalue weighted by Crippen LogP contribution is 2.21. The number of amides is 1. The molecule has 0 aliphatic rings. The number of halogens is 2. The van der Waals surface area contributed by atoms with Crippen LogP contribution in [0.4, 0.5) is 8.78 Å². The van der Waals surface area contributed by atoms with Crippen molar-refractivity contribution in [1.82, 2.24) is 14.7 Å². The zero-order chi connectivity index (χ0) is 17.9. The quantitative estimate of drug-likeness (QED) is 0.762. The molecule has 1 aromatic carbocycles. The van der Waals surface area contributed by atoms with Crippen molar-refractivity contribution in [2.75, 3.05) is 27.3 Å². The fraction of sp³-hybridized carbons (Fsp3) is 0.412. The van der Waals surface area contributed by atoms with E-state index in [2.05, 4.69) is 5.10 Å². The minimum Gasteiger partial charge on any atom is -0.385 e. The summed E-state index contributed by atoms with van der Waals surface area (Å²) in [7, 11) is 3.31. The van der Waals surface area contributed by atoms with Crippen LogP contribution in [0.15, 0.2) is 18.2 Å². The van der Waals surface area contributed by atoms with E-state index in [0.29, 0.717) is 30.1 Å². The third-order valence-electron chi connectivity index (χ3n) is 3.83. The summed E-state index contributed by atoms with van der Waals surface area (Å²) in [4.78, 5) is 14.2. The van der Waals surface area contributed by atoms with E-state index in [1.165, 1.54) is 10.7 Å². The van der Waals surface area contributed by atoms with Gasteiger partial charge in [0, 0.05) is 33.4 Å². The molecule has 0 saturated carbocycles. The number of ether oxygens (including phenoxy) is 1. The third kappa shape index (κ3) is 3.62. The van der Waals surface area contributed by atoms with Crippen molar-refractivity contribution in [3.63, 3.8) is 0 Å². The molecule has 0 unspecified atom stereocenters. The number of nitrogens with zero attached hydrogens (tertiary/aromatic N) is 3. The van der Waals surface area contributed by atoms with Gasteiger partial charge in [0.25, 0.3) is 5.91 Å². The second-order valence-electron chi connectivity index (χ2n) is 5.63. The molecular formula is C17H21F2N3O2. The first-order valence-electron chi connectivity index (χ1n) is 7.62. The zero-order valence-electron chi connectivity index (χ0n) is 14.3. The molecule has 24 heavy (non-hydrogen) atoms. The van der Waals surface area contributed by atoms with Gasteiger partial charge in [-0.15, -0.1) is 0 Å². The largest absolute Gasteiger partial charge is 0.385 e. The van der Waals surface area contributed by atoms with E-state index in [9.17, 15) is 13.6 Å². The Hall–Kier alpha value is -2.28. The fourth-order valence-electron chi connectivity index (χ4n) is 2.58. The Morgan fingerprint density at radius 2 is 2.04 bits per heavy atom. The normalized spacial score (nSPS) is 10.9. The maximum Gasteiger partial charge on any atom is 0.257 e. The van der Waals surface area contributed by atoms with Crippen molar-refractivity contribution in [1.29, 1.82) is 0 Å². The number of rotatable bonds is 6. The van der Waals surface area contributed by atoms with Crippen LogP contribution >= 0.6 is 0 Å². The van der Waals surface area contributed by atoms with Gasteiger partial charge in [0.1, 0.15) is 11.5 Å². The molecule has 0 spiro atoms. The molecule has 0 aliphatic heterocycles. The Morgan fingerprint density at radius 3 is 2.67 bits per heavy atom. The standard InChI is InChI=1S/C17H21F2N3O2/c1-11-16(17(23)21(3)8-5-9-24-4)12(2)22(20-11)15-7-6-13(18)10-14(15)19/h6-7,10H,5,8-9H2,1-4H3. The topological polar surface area (TPSA) is 47.4 Å². The van der Waals surface area contributed by atoms with Gasteiger partial charge < -0.3 is 9.64 Å². The number of hydrogen-bond donors (Lipinski definition) is 0. The Bertz CT molecular complexity index is 744. The Balaban J connectivity index is 2.33. The molecule has 1 amide bonds. The van der Waals surface area contributed by atoms with E-state index in [4.69, 9.17) is 4.74 Å². The van der Waals surface area contributed by atoms with Gasteiger partial charge in [0.2, 0.25) is 0 Å². The number of benzene rings is 1. The summed E-state index contributed by atoms with van der Waals surface area (Å²) in [5.41, 5.74) is 1.55. The molecule has 0 fully saturated rings. The van der Waals surface area contributed by atoms with Crippen LogP contribution in [0.25, 0.3) is 5.69 Å². The minimum atomic E-state index is -0.729. The maximum atomic E-state index is 14.0. The summed E-state index contributed by atoms with van der Waals surface area (Å²) in [5.74, 6) is -1.57. The lowest BCUT2D eigenvalue weighted by atomic mass is 10.1. The Kier molecular flexibility index (Phi) is 5.66. The summed E-state index contributed by atoms with van der Waals surface area (Å²) in [6.07, 6.45) is 0.720. The van der Waals surface area contributed by atoms with Crippen LogP contribution in [0.5, 0.6) is 0 Å². The van der Waals surface area contributed by atoms with Crippen molar-refractivity contribution in [2.45, 2.75) is 20.3 Å². The van der Waals surface area contributed by atoms with Gasteiger partial charge in [0.05, 0.1) is 17.0 Å². The lowest BCUT2D eigenvalue weighted by molar-refractivity contribution is 0.0778. The second-order valence-corrected chi connectivity index (χ2v) is 5.63. The first-order chi connectivity index (χ1) is 11.4. The highest BCUT2D eigenvalue weighted by molar-refractivity contribution is 5.96. The number of hydrogen-bond acceptors (Lipinski definition) is 3. The minimum absolute atomic E-state index is 0.109.